The maximum atomic E-state index is 12.1. The van der Waals surface area contributed by atoms with Gasteiger partial charge in [0.05, 0.1) is 12.9 Å². The topological polar surface area (TPSA) is 26.3 Å². The van der Waals surface area contributed by atoms with Crippen LogP contribution in [-0.4, -0.2) is 18.6 Å². The van der Waals surface area contributed by atoms with Gasteiger partial charge in [0.2, 0.25) is 0 Å². The minimum absolute atomic E-state index is 0.116. The van der Waals surface area contributed by atoms with E-state index in [0.29, 0.717) is 17.1 Å². The van der Waals surface area contributed by atoms with Crippen LogP contribution >= 0.6 is 11.8 Å². The van der Waals surface area contributed by atoms with Gasteiger partial charge in [-0.15, -0.1) is 11.8 Å². The smallest absolute Gasteiger partial charge is 0.173 e. The van der Waals surface area contributed by atoms with Gasteiger partial charge in [-0.25, -0.2) is 0 Å². The fraction of sp³-hybridized carbons (Fsp3) is 0.188. The lowest BCUT2D eigenvalue weighted by Gasteiger charge is -2.04. The van der Waals surface area contributed by atoms with E-state index in [9.17, 15) is 4.79 Å². The Bertz CT molecular complexity index is 578. The highest BCUT2D eigenvalue weighted by Gasteiger charge is 2.07. The van der Waals surface area contributed by atoms with E-state index in [2.05, 4.69) is 6.07 Å². The normalized spacial score (nSPS) is 10.2. The summed E-state index contributed by atoms with van der Waals surface area (Å²) in [7, 11) is 1.60. The number of methoxy groups -OCH3 is 1. The molecule has 3 heteroatoms. The van der Waals surface area contributed by atoms with Gasteiger partial charge in [0.1, 0.15) is 5.75 Å². The number of ketones is 1. The summed E-state index contributed by atoms with van der Waals surface area (Å²) < 4.78 is 5.12. The molecule has 0 N–H and O–H groups in total. The van der Waals surface area contributed by atoms with Crippen molar-refractivity contribution in [2.45, 2.75) is 11.8 Å². The molecule has 0 amide bonds. The van der Waals surface area contributed by atoms with Crippen LogP contribution in [0, 0.1) is 6.92 Å². The largest absolute Gasteiger partial charge is 0.497 e. The predicted molar refractivity (Wildman–Crippen MR) is 79.2 cm³/mol. The molecule has 0 saturated carbocycles. The maximum Gasteiger partial charge on any atom is 0.173 e. The molecule has 0 aliphatic carbocycles. The lowest BCUT2D eigenvalue weighted by molar-refractivity contribution is 0.102. The van der Waals surface area contributed by atoms with Gasteiger partial charge in [-0.2, -0.15) is 0 Å². The molecule has 0 aliphatic heterocycles. The number of thioether (sulfide) groups is 1. The Morgan fingerprint density at radius 2 is 1.95 bits per heavy atom. The van der Waals surface area contributed by atoms with Crippen molar-refractivity contribution in [1.29, 1.82) is 0 Å². The fourth-order valence-electron chi connectivity index (χ4n) is 1.73. The third kappa shape index (κ3) is 3.86. The summed E-state index contributed by atoms with van der Waals surface area (Å²) in [6, 6.07) is 15.4. The van der Waals surface area contributed by atoms with Crippen LogP contribution in [0.15, 0.2) is 53.4 Å². The molecule has 98 valence electrons. The first-order chi connectivity index (χ1) is 9.19. The van der Waals surface area contributed by atoms with E-state index in [1.54, 1.807) is 24.9 Å². The van der Waals surface area contributed by atoms with E-state index < -0.39 is 0 Å². The highest BCUT2D eigenvalue weighted by Crippen LogP contribution is 2.21. The molecule has 0 unspecified atom stereocenters. The van der Waals surface area contributed by atoms with Gasteiger partial charge < -0.3 is 4.74 Å². The molecular weight excluding hydrogens is 256 g/mol. The zero-order valence-corrected chi connectivity index (χ0v) is 11.9. The number of aryl methyl sites for hydroxylation is 1. The highest BCUT2D eigenvalue weighted by atomic mass is 32.2. The van der Waals surface area contributed by atoms with E-state index in [-0.39, 0.29) is 5.78 Å². The van der Waals surface area contributed by atoms with Crippen molar-refractivity contribution < 1.29 is 9.53 Å². The average Bonchev–Trinajstić information content (AvgIpc) is 2.45. The number of rotatable bonds is 5. The third-order valence-corrected chi connectivity index (χ3v) is 3.74. The van der Waals surface area contributed by atoms with Crippen LogP contribution in [-0.2, 0) is 0 Å². The van der Waals surface area contributed by atoms with E-state index >= 15 is 0 Å². The number of hydrogen-bond acceptors (Lipinski definition) is 3. The van der Waals surface area contributed by atoms with Crippen LogP contribution in [0.5, 0.6) is 5.75 Å². The second-order valence-electron chi connectivity index (χ2n) is 4.26. The Morgan fingerprint density at radius 1 is 1.16 bits per heavy atom. The van der Waals surface area contributed by atoms with E-state index in [4.69, 9.17) is 4.74 Å². The number of carbonyl (C=O) groups is 1. The first-order valence-corrected chi connectivity index (χ1v) is 7.04. The molecule has 0 heterocycles. The summed E-state index contributed by atoms with van der Waals surface area (Å²) in [5.41, 5.74) is 1.90. The second kappa shape index (κ2) is 6.43. The van der Waals surface area contributed by atoms with Crippen molar-refractivity contribution >= 4 is 17.5 Å². The molecule has 0 fully saturated rings. The summed E-state index contributed by atoms with van der Waals surface area (Å²) in [4.78, 5) is 13.2. The third-order valence-electron chi connectivity index (χ3n) is 2.75. The van der Waals surface area contributed by atoms with Gasteiger partial charge in [0, 0.05) is 10.5 Å². The van der Waals surface area contributed by atoms with E-state index in [1.807, 2.05) is 43.3 Å². The zero-order chi connectivity index (χ0) is 13.7. The molecular formula is C16H16O2S. The predicted octanol–water partition coefficient (Wildman–Crippen LogP) is 3.98. The van der Waals surface area contributed by atoms with Gasteiger partial charge in [0.25, 0.3) is 0 Å². The van der Waals surface area contributed by atoms with Crippen molar-refractivity contribution in [2.75, 3.05) is 12.9 Å². The second-order valence-corrected chi connectivity index (χ2v) is 5.31. The van der Waals surface area contributed by atoms with E-state index in [0.717, 1.165) is 4.90 Å². The number of carbonyl (C=O) groups excluding carboxylic acids is 1. The molecule has 0 spiro atoms. The number of benzene rings is 2. The molecule has 0 aromatic heterocycles. The number of Topliss-reactive ketones (excluding diaryl/α,β-unsaturated/α-hetero) is 1. The molecule has 0 radical (unpaired) electrons. The molecule has 2 rings (SSSR count). The van der Waals surface area contributed by atoms with Crippen molar-refractivity contribution in [2.24, 2.45) is 0 Å². The SMILES string of the molecule is COc1cccc(C(=O)CSc2cccc(C)c2)c1. The fourth-order valence-corrected chi connectivity index (χ4v) is 2.64. The Labute approximate surface area is 117 Å². The summed E-state index contributed by atoms with van der Waals surface area (Å²) in [6.45, 7) is 2.05. The van der Waals surface area contributed by atoms with Crippen LogP contribution in [0.3, 0.4) is 0 Å². The van der Waals surface area contributed by atoms with Crippen molar-refractivity contribution in [1.82, 2.24) is 0 Å². The van der Waals surface area contributed by atoms with Gasteiger partial charge in [0.15, 0.2) is 5.78 Å². The Morgan fingerprint density at radius 3 is 2.68 bits per heavy atom. The van der Waals surface area contributed by atoms with Crippen molar-refractivity contribution in [3.8, 4) is 5.75 Å². The zero-order valence-electron chi connectivity index (χ0n) is 11.1. The van der Waals surface area contributed by atoms with Gasteiger partial charge in [-0.05, 0) is 31.2 Å². The molecule has 2 nitrogen and oxygen atoms in total. The van der Waals surface area contributed by atoms with Gasteiger partial charge in [-0.3, -0.25) is 4.79 Å². The Hall–Kier alpha value is -1.74. The van der Waals surface area contributed by atoms with Crippen molar-refractivity contribution in [3.63, 3.8) is 0 Å². The van der Waals surface area contributed by atoms with Crippen molar-refractivity contribution in [3.05, 3.63) is 59.7 Å². The summed E-state index contributed by atoms with van der Waals surface area (Å²) in [5.74, 6) is 1.27. The number of ether oxygens (including phenoxy) is 1. The standard InChI is InChI=1S/C16H16O2S/c1-12-5-3-8-15(9-12)19-11-16(17)13-6-4-7-14(10-13)18-2/h3-10H,11H2,1-2H3. The lowest BCUT2D eigenvalue weighted by atomic mass is 10.1. The quantitative estimate of drug-likeness (QED) is 0.608. The summed E-state index contributed by atoms with van der Waals surface area (Å²) in [5, 5.41) is 0. The van der Waals surface area contributed by atoms with Gasteiger partial charge in [-0.1, -0.05) is 29.8 Å². The molecule has 2 aromatic carbocycles. The van der Waals surface area contributed by atoms with E-state index in [1.165, 1.54) is 5.56 Å². The summed E-state index contributed by atoms with van der Waals surface area (Å²) in [6.07, 6.45) is 0. The van der Waals surface area contributed by atoms with Crippen LogP contribution in [0.4, 0.5) is 0 Å². The Kier molecular flexibility index (Phi) is 4.63. The minimum atomic E-state index is 0.116. The number of hydrogen-bond donors (Lipinski definition) is 0. The molecule has 0 bridgehead atoms. The van der Waals surface area contributed by atoms with Crippen LogP contribution in [0.1, 0.15) is 15.9 Å². The molecule has 0 aliphatic rings. The first-order valence-electron chi connectivity index (χ1n) is 6.06. The first kappa shape index (κ1) is 13.7. The Balaban J connectivity index is 2.01. The minimum Gasteiger partial charge on any atom is -0.497 e. The molecule has 0 atom stereocenters. The highest BCUT2D eigenvalue weighted by molar-refractivity contribution is 8.00. The molecule has 19 heavy (non-hydrogen) atoms. The lowest BCUT2D eigenvalue weighted by Crippen LogP contribution is -2.02. The van der Waals surface area contributed by atoms with Crippen LogP contribution in [0.25, 0.3) is 0 Å². The summed E-state index contributed by atoms with van der Waals surface area (Å²) >= 11 is 1.56. The van der Waals surface area contributed by atoms with Gasteiger partial charge >= 0.3 is 0 Å². The van der Waals surface area contributed by atoms with Crippen LogP contribution < -0.4 is 4.74 Å². The maximum absolute atomic E-state index is 12.1. The average molecular weight is 272 g/mol. The molecule has 0 saturated heterocycles. The monoisotopic (exact) mass is 272 g/mol. The molecule has 2 aromatic rings. The van der Waals surface area contributed by atoms with Crippen LogP contribution in [0.2, 0.25) is 0 Å².